The van der Waals surface area contributed by atoms with Gasteiger partial charge < -0.3 is 9.47 Å². The first-order valence-electron chi connectivity index (χ1n) is 6.68. The molecule has 7 heteroatoms. The van der Waals surface area contributed by atoms with Crippen molar-refractivity contribution < 1.29 is 22.7 Å². The van der Waals surface area contributed by atoms with Crippen LogP contribution in [0.25, 0.3) is 0 Å². The van der Waals surface area contributed by atoms with E-state index in [0.29, 0.717) is 12.2 Å². The van der Waals surface area contributed by atoms with Crippen molar-refractivity contribution in [3.8, 4) is 5.75 Å². The largest absolute Gasteiger partial charge is 0.497 e. The highest BCUT2D eigenvalue weighted by Gasteiger charge is 2.25. The molecule has 1 atom stereocenters. The molecule has 0 radical (unpaired) electrons. The van der Waals surface area contributed by atoms with E-state index in [1.165, 1.54) is 26.4 Å². The van der Waals surface area contributed by atoms with Crippen molar-refractivity contribution in [1.82, 2.24) is 4.72 Å². The number of hydrogen-bond acceptors (Lipinski definition) is 5. The molecule has 0 fully saturated rings. The number of ether oxygens (including phenoxy) is 2. The molecule has 1 aromatic carbocycles. The van der Waals surface area contributed by atoms with E-state index < -0.39 is 22.0 Å². The monoisotopic (exact) mass is 315 g/mol. The molecule has 0 saturated heterocycles. The van der Waals surface area contributed by atoms with Crippen LogP contribution in [0.5, 0.6) is 5.75 Å². The highest BCUT2D eigenvalue weighted by Crippen LogP contribution is 2.16. The van der Waals surface area contributed by atoms with Crippen LogP contribution >= 0.6 is 0 Å². The van der Waals surface area contributed by atoms with Crippen molar-refractivity contribution in [3.63, 3.8) is 0 Å². The van der Waals surface area contributed by atoms with Crippen LogP contribution in [-0.2, 0) is 19.6 Å². The molecule has 0 saturated carbocycles. The Kier molecular flexibility index (Phi) is 6.64. The molecule has 1 aromatic rings. The van der Waals surface area contributed by atoms with Gasteiger partial charge in [-0.15, -0.1) is 0 Å². The van der Waals surface area contributed by atoms with Gasteiger partial charge in [0.15, 0.2) is 0 Å². The SMILES string of the molecule is CCCC[C@H](NS(=O)(=O)c1ccc(OC)cc1)C(=O)OC. The minimum absolute atomic E-state index is 0.0775. The number of nitrogens with one attached hydrogen (secondary N) is 1. The van der Waals surface area contributed by atoms with Crippen molar-refractivity contribution in [3.05, 3.63) is 24.3 Å². The second-order valence-corrected chi connectivity index (χ2v) is 6.23. The van der Waals surface area contributed by atoms with Gasteiger partial charge in [0.2, 0.25) is 10.0 Å². The zero-order valence-electron chi connectivity index (χ0n) is 12.5. The van der Waals surface area contributed by atoms with E-state index in [4.69, 9.17) is 4.74 Å². The van der Waals surface area contributed by atoms with Crippen LogP contribution in [-0.4, -0.2) is 34.6 Å². The first-order chi connectivity index (χ1) is 9.94. The molecule has 0 amide bonds. The molecule has 0 aliphatic heterocycles. The van der Waals surface area contributed by atoms with Crippen LogP contribution in [0.3, 0.4) is 0 Å². The van der Waals surface area contributed by atoms with Gasteiger partial charge in [0.1, 0.15) is 11.8 Å². The Balaban J connectivity index is 2.90. The summed E-state index contributed by atoms with van der Waals surface area (Å²) in [7, 11) is -1.04. The lowest BCUT2D eigenvalue weighted by molar-refractivity contribution is -0.142. The Bertz CT molecular complexity index is 553. The number of esters is 1. The van der Waals surface area contributed by atoms with Crippen molar-refractivity contribution in [2.45, 2.75) is 37.1 Å². The van der Waals surface area contributed by atoms with Gasteiger partial charge in [-0.1, -0.05) is 19.8 Å². The van der Waals surface area contributed by atoms with Crippen LogP contribution in [0.15, 0.2) is 29.2 Å². The van der Waals surface area contributed by atoms with Crippen LogP contribution in [0, 0.1) is 0 Å². The molecule has 0 spiro atoms. The lowest BCUT2D eigenvalue weighted by Crippen LogP contribution is -2.41. The van der Waals surface area contributed by atoms with Crippen LogP contribution in [0.2, 0.25) is 0 Å². The zero-order chi connectivity index (χ0) is 15.9. The van der Waals surface area contributed by atoms with E-state index in [-0.39, 0.29) is 4.90 Å². The third-order valence-corrected chi connectivity index (χ3v) is 4.49. The summed E-state index contributed by atoms with van der Waals surface area (Å²) in [6, 6.07) is 5.08. The van der Waals surface area contributed by atoms with Gasteiger partial charge in [0.05, 0.1) is 19.1 Å². The second-order valence-electron chi connectivity index (χ2n) is 4.51. The molecule has 0 aliphatic rings. The second kappa shape index (κ2) is 7.99. The summed E-state index contributed by atoms with van der Waals surface area (Å²) in [6.45, 7) is 1.96. The summed E-state index contributed by atoms with van der Waals surface area (Å²) >= 11 is 0. The van der Waals surface area contributed by atoms with Gasteiger partial charge in [0, 0.05) is 0 Å². The first-order valence-corrected chi connectivity index (χ1v) is 8.17. The molecule has 1 N–H and O–H groups in total. The average Bonchev–Trinajstić information content (AvgIpc) is 2.50. The highest BCUT2D eigenvalue weighted by atomic mass is 32.2. The van der Waals surface area contributed by atoms with Crippen LogP contribution < -0.4 is 9.46 Å². The molecule has 1 rings (SSSR count). The van der Waals surface area contributed by atoms with Gasteiger partial charge in [0.25, 0.3) is 0 Å². The van der Waals surface area contributed by atoms with Crippen molar-refractivity contribution in [2.75, 3.05) is 14.2 Å². The van der Waals surface area contributed by atoms with Gasteiger partial charge in [-0.2, -0.15) is 4.72 Å². The Morgan fingerprint density at radius 3 is 2.33 bits per heavy atom. The van der Waals surface area contributed by atoms with Gasteiger partial charge in [-0.3, -0.25) is 4.79 Å². The predicted octanol–water partition coefficient (Wildman–Crippen LogP) is 1.71. The number of rotatable bonds is 8. The average molecular weight is 315 g/mol. The fourth-order valence-corrected chi connectivity index (χ4v) is 3.00. The molecule has 6 nitrogen and oxygen atoms in total. The van der Waals surface area contributed by atoms with Crippen molar-refractivity contribution >= 4 is 16.0 Å². The fourth-order valence-electron chi connectivity index (χ4n) is 1.79. The minimum atomic E-state index is -3.78. The predicted molar refractivity (Wildman–Crippen MR) is 78.6 cm³/mol. The summed E-state index contributed by atoms with van der Waals surface area (Å²) in [5.74, 6) is -0.0232. The standard InChI is InChI=1S/C14H21NO5S/c1-4-5-6-13(14(16)20-3)15-21(17,18)12-9-7-11(19-2)8-10-12/h7-10,13,15H,4-6H2,1-3H3/t13-/m0/s1. The molecule has 0 heterocycles. The van der Waals surface area contributed by atoms with E-state index in [0.717, 1.165) is 12.8 Å². The molecule has 0 bridgehead atoms. The smallest absolute Gasteiger partial charge is 0.323 e. The summed E-state index contributed by atoms with van der Waals surface area (Å²) in [4.78, 5) is 11.7. The van der Waals surface area contributed by atoms with E-state index in [2.05, 4.69) is 9.46 Å². The van der Waals surface area contributed by atoms with Gasteiger partial charge in [-0.25, -0.2) is 8.42 Å². The summed E-state index contributed by atoms with van der Waals surface area (Å²) in [5.41, 5.74) is 0. The van der Waals surface area contributed by atoms with E-state index in [1.807, 2.05) is 6.92 Å². The quantitative estimate of drug-likeness (QED) is 0.739. The molecule has 0 aromatic heterocycles. The van der Waals surface area contributed by atoms with E-state index in [9.17, 15) is 13.2 Å². The maximum atomic E-state index is 12.3. The third-order valence-electron chi connectivity index (χ3n) is 3.00. The van der Waals surface area contributed by atoms with Gasteiger partial charge in [-0.05, 0) is 30.7 Å². The Morgan fingerprint density at radius 1 is 1.24 bits per heavy atom. The molecular weight excluding hydrogens is 294 g/mol. The molecule has 21 heavy (non-hydrogen) atoms. The Labute approximate surface area is 125 Å². The Morgan fingerprint density at radius 2 is 1.86 bits per heavy atom. The molecule has 118 valence electrons. The molecule has 0 aliphatic carbocycles. The number of benzene rings is 1. The number of carbonyl (C=O) groups is 1. The van der Waals surface area contributed by atoms with E-state index in [1.54, 1.807) is 12.1 Å². The minimum Gasteiger partial charge on any atom is -0.497 e. The van der Waals surface area contributed by atoms with Crippen LogP contribution in [0.4, 0.5) is 0 Å². The lowest BCUT2D eigenvalue weighted by atomic mass is 10.1. The number of methoxy groups -OCH3 is 2. The van der Waals surface area contributed by atoms with Crippen molar-refractivity contribution in [1.29, 1.82) is 0 Å². The topological polar surface area (TPSA) is 81.7 Å². The van der Waals surface area contributed by atoms with Crippen LogP contribution in [0.1, 0.15) is 26.2 Å². The molecular formula is C14H21NO5S. The maximum absolute atomic E-state index is 12.3. The third kappa shape index (κ3) is 5.02. The Hall–Kier alpha value is -1.60. The number of carbonyl (C=O) groups excluding carboxylic acids is 1. The molecule has 0 unspecified atom stereocenters. The van der Waals surface area contributed by atoms with Gasteiger partial charge >= 0.3 is 5.97 Å². The van der Waals surface area contributed by atoms with Crippen molar-refractivity contribution in [2.24, 2.45) is 0 Å². The van der Waals surface area contributed by atoms with E-state index >= 15 is 0 Å². The zero-order valence-corrected chi connectivity index (χ0v) is 13.3. The fraction of sp³-hybridized carbons (Fsp3) is 0.500. The normalized spacial score (nSPS) is 12.7. The number of hydrogen-bond donors (Lipinski definition) is 1. The first kappa shape index (κ1) is 17.5. The summed E-state index contributed by atoms with van der Waals surface area (Å²) < 4.78 is 36.5. The summed E-state index contributed by atoms with van der Waals surface area (Å²) in [6.07, 6.45) is 1.99. The number of sulfonamides is 1. The summed E-state index contributed by atoms with van der Waals surface area (Å²) in [5, 5.41) is 0. The lowest BCUT2D eigenvalue weighted by Gasteiger charge is -2.16. The maximum Gasteiger partial charge on any atom is 0.323 e. The highest BCUT2D eigenvalue weighted by molar-refractivity contribution is 7.89. The number of unbranched alkanes of at least 4 members (excludes halogenated alkanes) is 1.